The van der Waals surface area contributed by atoms with Gasteiger partial charge in [-0.25, -0.2) is 4.79 Å². The highest BCUT2D eigenvalue weighted by atomic mass is 16.4. The molecule has 6 heteroatoms. The molecule has 2 aromatic carbocycles. The third kappa shape index (κ3) is 3.75. The Morgan fingerprint density at radius 2 is 1.44 bits per heavy atom. The summed E-state index contributed by atoms with van der Waals surface area (Å²) in [6.07, 6.45) is 2.32. The molecule has 6 nitrogen and oxygen atoms in total. The van der Waals surface area contributed by atoms with Crippen LogP contribution in [0.15, 0.2) is 77.9 Å². The molecule has 1 atom stereocenters. The molecule has 0 aliphatic heterocycles. The maximum Gasteiger partial charge on any atom is 0.341 e. The molecule has 138 valence electrons. The second-order valence-corrected chi connectivity index (χ2v) is 6.19. The fourth-order valence-electron chi connectivity index (χ4n) is 3.26. The van der Waals surface area contributed by atoms with E-state index in [-0.39, 0.29) is 12.5 Å². The largest absolute Gasteiger partial charge is 0.503 e. The lowest BCUT2D eigenvalue weighted by atomic mass is 9.85. The molecule has 0 aliphatic carbocycles. The van der Waals surface area contributed by atoms with Gasteiger partial charge in [0, 0.05) is 12.1 Å². The van der Waals surface area contributed by atoms with E-state index in [2.05, 4.69) is 0 Å². The van der Waals surface area contributed by atoms with Crippen molar-refractivity contribution in [1.82, 2.24) is 4.57 Å². The zero-order valence-electron chi connectivity index (χ0n) is 14.4. The molecule has 0 saturated heterocycles. The minimum atomic E-state index is -1.43. The molecule has 0 aliphatic rings. The van der Waals surface area contributed by atoms with E-state index in [1.165, 1.54) is 4.57 Å². The fourth-order valence-corrected chi connectivity index (χ4v) is 3.26. The SMILES string of the molecule is O=C(O)c1cn(C(CO)C(c2ccccc2)c2ccccc2)cc(O)c1=O. The summed E-state index contributed by atoms with van der Waals surface area (Å²) in [5.74, 6) is -2.42. The highest BCUT2D eigenvalue weighted by molar-refractivity contribution is 5.87. The van der Waals surface area contributed by atoms with E-state index < -0.39 is 28.8 Å². The molecule has 0 radical (unpaired) electrons. The number of nitrogens with zero attached hydrogens (tertiary/aromatic N) is 1. The Kier molecular flexibility index (Phi) is 5.38. The van der Waals surface area contributed by atoms with Crippen molar-refractivity contribution < 1.29 is 20.1 Å². The van der Waals surface area contributed by atoms with E-state index in [9.17, 15) is 24.9 Å². The Hall–Kier alpha value is -3.38. The number of hydrogen-bond acceptors (Lipinski definition) is 4. The van der Waals surface area contributed by atoms with Gasteiger partial charge >= 0.3 is 5.97 Å². The van der Waals surface area contributed by atoms with Gasteiger partial charge in [0.05, 0.1) is 18.8 Å². The topological polar surface area (TPSA) is 99.8 Å². The summed E-state index contributed by atoms with van der Waals surface area (Å²) in [5.41, 5.74) is 0.329. The number of aromatic nitrogens is 1. The minimum Gasteiger partial charge on any atom is -0.503 e. The molecule has 27 heavy (non-hydrogen) atoms. The minimum absolute atomic E-state index is 0.319. The first-order valence-electron chi connectivity index (χ1n) is 8.41. The van der Waals surface area contributed by atoms with Crippen LogP contribution in [0.2, 0.25) is 0 Å². The Morgan fingerprint density at radius 1 is 0.926 bits per heavy atom. The second kappa shape index (κ2) is 7.88. The van der Waals surface area contributed by atoms with Gasteiger partial charge in [-0.3, -0.25) is 4.79 Å². The van der Waals surface area contributed by atoms with Crippen molar-refractivity contribution in [3.8, 4) is 5.75 Å². The van der Waals surface area contributed by atoms with Crippen molar-refractivity contribution in [2.24, 2.45) is 0 Å². The number of aliphatic hydroxyl groups excluding tert-OH is 1. The molecular weight excluding hydrogens is 346 g/mol. The number of aliphatic hydroxyl groups is 1. The van der Waals surface area contributed by atoms with Crippen LogP contribution in [0.25, 0.3) is 0 Å². The molecule has 0 saturated carbocycles. The van der Waals surface area contributed by atoms with E-state index in [4.69, 9.17) is 0 Å². The van der Waals surface area contributed by atoms with E-state index in [0.29, 0.717) is 0 Å². The molecule has 3 aromatic rings. The summed E-state index contributed by atoms with van der Waals surface area (Å²) < 4.78 is 1.39. The number of carbonyl (C=O) groups is 1. The van der Waals surface area contributed by atoms with Gasteiger partial charge < -0.3 is 19.9 Å². The first kappa shape index (κ1) is 18.4. The van der Waals surface area contributed by atoms with Gasteiger partial charge in [0.1, 0.15) is 5.56 Å². The number of benzene rings is 2. The van der Waals surface area contributed by atoms with Crippen molar-refractivity contribution in [1.29, 1.82) is 0 Å². The number of carboxylic acids is 1. The third-order valence-electron chi connectivity index (χ3n) is 4.53. The quantitative estimate of drug-likeness (QED) is 0.624. The number of carboxylic acid groups (broad SMARTS) is 1. The highest BCUT2D eigenvalue weighted by Crippen LogP contribution is 2.35. The molecular formula is C21H19NO5. The van der Waals surface area contributed by atoms with Crippen LogP contribution in [-0.4, -0.2) is 32.5 Å². The molecule has 0 fully saturated rings. The van der Waals surface area contributed by atoms with Crippen LogP contribution in [-0.2, 0) is 0 Å². The number of rotatable bonds is 6. The van der Waals surface area contributed by atoms with E-state index in [0.717, 1.165) is 23.5 Å². The van der Waals surface area contributed by atoms with Gasteiger partial charge in [0.2, 0.25) is 5.43 Å². The predicted molar refractivity (Wildman–Crippen MR) is 100 cm³/mol. The van der Waals surface area contributed by atoms with Crippen LogP contribution in [0.3, 0.4) is 0 Å². The summed E-state index contributed by atoms with van der Waals surface area (Å²) in [5, 5.41) is 29.3. The summed E-state index contributed by atoms with van der Waals surface area (Å²) in [6, 6.07) is 18.3. The Balaban J connectivity index is 2.19. The number of aromatic hydroxyl groups is 1. The molecule has 1 aromatic heterocycles. The van der Waals surface area contributed by atoms with E-state index >= 15 is 0 Å². The maximum absolute atomic E-state index is 11.9. The predicted octanol–water partition coefficient (Wildman–Crippen LogP) is 2.62. The van der Waals surface area contributed by atoms with Crippen LogP contribution >= 0.6 is 0 Å². The lowest BCUT2D eigenvalue weighted by molar-refractivity contribution is 0.0693. The average Bonchev–Trinajstić information content (AvgIpc) is 2.69. The van der Waals surface area contributed by atoms with Gasteiger partial charge in [-0.2, -0.15) is 0 Å². The standard InChI is InChI=1S/C21H19NO5/c23-13-17(22-11-16(21(26)27)20(25)18(24)12-22)19(14-7-3-1-4-8-14)15-9-5-2-6-10-15/h1-12,17,19,23-24H,13H2,(H,26,27). The molecule has 0 amide bonds. The van der Waals surface area contributed by atoms with Crippen LogP contribution in [0, 0.1) is 0 Å². The highest BCUT2D eigenvalue weighted by Gasteiger charge is 2.27. The van der Waals surface area contributed by atoms with Crippen molar-refractivity contribution in [3.05, 3.63) is 100.0 Å². The average molecular weight is 365 g/mol. The number of hydrogen-bond donors (Lipinski definition) is 3. The van der Waals surface area contributed by atoms with Gasteiger partial charge in [0.15, 0.2) is 5.75 Å². The lowest BCUT2D eigenvalue weighted by Gasteiger charge is -2.29. The smallest absolute Gasteiger partial charge is 0.341 e. The zero-order valence-corrected chi connectivity index (χ0v) is 14.4. The summed E-state index contributed by atoms with van der Waals surface area (Å²) in [6.45, 7) is -0.324. The molecule has 3 N–H and O–H groups in total. The van der Waals surface area contributed by atoms with Crippen molar-refractivity contribution in [2.45, 2.75) is 12.0 Å². The normalized spacial score (nSPS) is 12.1. The first-order valence-corrected chi connectivity index (χ1v) is 8.41. The van der Waals surface area contributed by atoms with Gasteiger partial charge in [-0.1, -0.05) is 60.7 Å². The Bertz CT molecular complexity index is 943. The van der Waals surface area contributed by atoms with Gasteiger partial charge in [-0.15, -0.1) is 0 Å². The van der Waals surface area contributed by atoms with Crippen LogP contribution in [0.1, 0.15) is 33.4 Å². The third-order valence-corrected chi connectivity index (χ3v) is 4.53. The van der Waals surface area contributed by atoms with E-state index in [1.807, 2.05) is 60.7 Å². The zero-order chi connectivity index (χ0) is 19.4. The van der Waals surface area contributed by atoms with Crippen LogP contribution in [0.5, 0.6) is 5.75 Å². The Morgan fingerprint density at radius 3 is 1.89 bits per heavy atom. The van der Waals surface area contributed by atoms with Gasteiger partial charge in [-0.05, 0) is 11.1 Å². The molecule has 1 heterocycles. The number of pyridine rings is 1. The Labute approximate surface area is 155 Å². The molecule has 1 unspecified atom stereocenters. The molecule has 0 spiro atoms. The summed E-state index contributed by atoms with van der Waals surface area (Å²) in [7, 11) is 0. The van der Waals surface area contributed by atoms with Crippen LogP contribution in [0.4, 0.5) is 0 Å². The lowest BCUT2D eigenvalue weighted by Crippen LogP contribution is -2.26. The van der Waals surface area contributed by atoms with Crippen molar-refractivity contribution in [3.63, 3.8) is 0 Å². The first-order chi connectivity index (χ1) is 13.0. The van der Waals surface area contributed by atoms with Crippen LogP contribution < -0.4 is 5.43 Å². The summed E-state index contributed by atoms with van der Waals surface area (Å²) in [4.78, 5) is 23.2. The maximum atomic E-state index is 11.9. The molecule has 3 rings (SSSR count). The monoisotopic (exact) mass is 365 g/mol. The fraction of sp³-hybridized carbons (Fsp3) is 0.143. The number of aromatic carboxylic acids is 1. The second-order valence-electron chi connectivity index (χ2n) is 6.19. The van der Waals surface area contributed by atoms with Crippen molar-refractivity contribution in [2.75, 3.05) is 6.61 Å². The summed E-state index contributed by atoms with van der Waals surface area (Å²) >= 11 is 0. The van der Waals surface area contributed by atoms with E-state index in [1.54, 1.807) is 0 Å². The molecule has 0 bridgehead atoms. The van der Waals surface area contributed by atoms with Crippen molar-refractivity contribution >= 4 is 5.97 Å². The van der Waals surface area contributed by atoms with Gasteiger partial charge in [0.25, 0.3) is 0 Å².